The Bertz CT molecular complexity index is 248. The number of hydrogen-bond acceptors (Lipinski definition) is 5. The third kappa shape index (κ3) is 9.73. The number of carbonyl (C=O) groups is 2. The van der Waals surface area contributed by atoms with Gasteiger partial charge in [-0.25, -0.2) is 0 Å². The molecule has 0 aliphatic carbocycles. The molecule has 0 spiro atoms. The molecule has 17 heavy (non-hydrogen) atoms. The predicted molar refractivity (Wildman–Crippen MR) is 63.1 cm³/mol. The molecule has 0 aliphatic rings. The molecule has 0 atom stereocenters. The fourth-order valence-corrected chi connectivity index (χ4v) is 1.35. The second-order valence-electron chi connectivity index (χ2n) is 3.90. The van der Waals surface area contributed by atoms with Crippen LogP contribution in [0.3, 0.4) is 0 Å². The number of likely N-dealkylation sites (N-methyl/N-ethyl adjacent to an activating group) is 2. The Morgan fingerprint density at radius 1 is 1.06 bits per heavy atom. The third-order valence-electron chi connectivity index (χ3n) is 2.24. The highest BCUT2D eigenvalue weighted by atomic mass is 16.4. The van der Waals surface area contributed by atoms with Crippen molar-refractivity contribution in [2.75, 3.05) is 53.4 Å². The van der Waals surface area contributed by atoms with E-state index in [2.05, 4.69) is 5.32 Å². The van der Waals surface area contributed by atoms with Gasteiger partial charge in [0.1, 0.15) is 0 Å². The first-order chi connectivity index (χ1) is 7.95. The maximum Gasteiger partial charge on any atom is 0.317 e. The van der Waals surface area contributed by atoms with Crippen LogP contribution in [-0.4, -0.2) is 85.3 Å². The fourth-order valence-electron chi connectivity index (χ4n) is 1.35. The van der Waals surface area contributed by atoms with Gasteiger partial charge in [0.2, 0.25) is 0 Å². The number of nitrogens with one attached hydrogen (secondary N) is 1. The summed E-state index contributed by atoms with van der Waals surface area (Å²) in [5.41, 5.74) is 0. The summed E-state index contributed by atoms with van der Waals surface area (Å²) in [4.78, 5) is 24.5. The summed E-state index contributed by atoms with van der Waals surface area (Å²) in [6.07, 6.45) is 0. The van der Waals surface area contributed by atoms with Crippen molar-refractivity contribution < 1.29 is 19.8 Å². The molecule has 0 aliphatic heterocycles. The summed E-state index contributed by atoms with van der Waals surface area (Å²) < 4.78 is 0. The number of rotatable bonds is 10. The molecule has 0 aromatic rings. The summed E-state index contributed by atoms with van der Waals surface area (Å²) in [6.45, 7) is 2.34. The summed E-state index contributed by atoms with van der Waals surface area (Å²) in [5, 5.41) is 20.2. The van der Waals surface area contributed by atoms with Gasteiger partial charge < -0.3 is 15.5 Å². The molecule has 0 aromatic heterocycles. The van der Waals surface area contributed by atoms with E-state index < -0.39 is 11.9 Å². The van der Waals surface area contributed by atoms with E-state index in [0.29, 0.717) is 26.2 Å². The first-order valence-electron chi connectivity index (χ1n) is 5.44. The highest BCUT2D eigenvalue weighted by molar-refractivity contribution is 5.69. The molecule has 100 valence electrons. The first-order valence-corrected chi connectivity index (χ1v) is 5.44. The van der Waals surface area contributed by atoms with Crippen molar-refractivity contribution in [3.63, 3.8) is 0 Å². The number of carboxylic acids is 2. The summed E-state index contributed by atoms with van der Waals surface area (Å²) >= 11 is 0. The van der Waals surface area contributed by atoms with Crippen LogP contribution in [0.15, 0.2) is 0 Å². The van der Waals surface area contributed by atoms with Crippen LogP contribution in [-0.2, 0) is 9.59 Å². The van der Waals surface area contributed by atoms with Gasteiger partial charge in [-0.15, -0.1) is 0 Å². The topological polar surface area (TPSA) is 93.1 Å². The molecule has 0 heterocycles. The van der Waals surface area contributed by atoms with Gasteiger partial charge >= 0.3 is 11.9 Å². The monoisotopic (exact) mass is 247 g/mol. The van der Waals surface area contributed by atoms with E-state index in [4.69, 9.17) is 10.2 Å². The summed E-state index contributed by atoms with van der Waals surface area (Å²) in [7, 11) is 3.50. The lowest BCUT2D eigenvalue weighted by Gasteiger charge is -2.23. The van der Waals surface area contributed by atoms with E-state index in [1.807, 2.05) is 0 Å². The average Bonchev–Trinajstić information content (AvgIpc) is 2.20. The number of carboxylic acid groups (broad SMARTS) is 2. The van der Waals surface area contributed by atoms with Crippen LogP contribution in [0.4, 0.5) is 0 Å². The Morgan fingerprint density at radius 3 is 2.12 bits per heavy atom. The highest BCUT2D eigenvalue weighted by Gasteiger charge is 2.11. The molecule has 7 heteroatoms. The molecule has 0 radical (unpaired) electrons. The second kappa shape index (κ2) is 8.91. The smallest absolute Gasteiger partial charge is 0.317 e. The van der Waals surface area contributed by atoms with E-state index in [1.54, 1.807) is 23.9 Å². The molecule has 0 rings (SSSR count). The van der Waals surface area contributed by atoms with Crippen LogP contribution in [0.5, 0.6) is 0 Å². The minimum atomic E-state index is -0.882. The van der Waals surface area contributed by atoms with Crippen molar-refractivity contribution in [2.45, 2.75) is 0 Å². The van der Waals surface area contributed by atoms with Gasteiger partial charge in [0.05, 0.1) is 13.1 Å². The lowest BCUT2D eigenvalue weighted by Crippen LogP contribution is -2.40. The van der Waals surface area contributed by atoms with Gasteiger partial charge in [0, 0.05) is 26.2 Å². The van der Waals surface area contributed by atoms with Gasteiger partial charge in [-0.05, 0) is 14.1 Å². The molecule has 0 saturated carbocycles. The molecular weight excluding hydrogens is 226 g/mol. The zero-order valence-electron chi connectivity index (χ0n) is 10.3. The van der Waals surface area contributed by atoms with Gasteiger partial charge in [0.15, 0.2) is 0 Å². The molecular formula is C10H21N3O4. The van der Waals surface area contributed by atoms with E-state index in [0.717, 1.165) is 0 Å². The Hall–Kier alpha value is -1.18. The van der Waals surface area contributed by atoms with Crippen LogP contribution in [0, 0.1) is 0 Å². The predicted octanol–water partition coefficient (Wildman–Crippen LogP) is -1.39. The van der Waals surface area contributed by atoms with Crippen molar-refractivity contribution in [2.24, 2.45) is 0 Å². The van der Waals surface area contributed by atoms with E-state index >= 15 is 0 Å². The van der Waals surface area contributed by atoms with Crippen molar-refractivity contribution in [1.29, 1.82) is 0 Å². The Morgan fingerprint density at radius 2 is 1.65 bits per heavy atom. The highest BCUT2D eigenvalue weighted by Crippen LogP contribution is 1.90. The Balaban J connectivity index is 3.96. The Labute approximate surface area is 101 Å². The molecule has 0 amide bonds. The molecule has 0 bridgehead atoms. The van der Waals surface area contributed by atoms with Gasteiger partial charge in [0.25, 0.3) is 0 Å². The number of nitrogens with zero attached hydrogens (tertiary/aromatic N) is 2. The van der Waals surface area contributed by atoms with Crippen LogP contribution < -0.4 is 5.32 Å². The number of hydrogen-bond donors (Lipinski definition) is 3. The zero-order valence-corrected chi connectivity index (χ0v) is 10.3. The minimum absolute atomic E-state index is 0.0252. The second-order valence-corrected chi connectivity index (χ2v) is 3.90. The van der Waals surface area contributed by atoms with Crippen LogP contribution in [0.2, 0.25) is 0 Å². The molecule has 0 saturated heterocycles. The summed E-state index contributed by atoms with van der Waals surface area (Å²) in [6, 6.07) is 0. The van der Waals surface area contributed by atoms with Crippen molar-refractivity contribution >= 4 is 11.9 Å². The fraction of sp³-hybridized carbons (Fsp3) is 0.800. The van der Waals surface area contributed by atoms with Gasteiger partial charge in [-0.2, -0.15) is 0 Å². The Kier molecular flexibility index (Phi) is 8.29. The summed E-state index contributed by atoms with van der Waals surface area (Å²) in [5.74, 6) is -1.76. The normalized spacial score (nSPS) is 11.1. The number of aliphatic carboxylic acids is 2. The first kappa shape index (κ1) is 15.8. The third-order valence-corrected chi connectivity index (χ3v) is 2.24. The van der Waals surface area contributed by atoms with Crippen LogP contribution in [0.1, 0.15) is 0 Å². The molecule has 0 unspecified atom stereocenters. The molecule has 7 nitrogen and oxygen atoms in total. The van der Waals surface area contributed by atoms with Crippen molar-refractivity contribution in [3.8, 4) is 0 Å². The maximum absolute atomic E-state index is 10.6. The van der Waals surface area contributed by atoms with E-state index in [-0.39, 0.29) is 13.1 Å². The lowest BCUT2D eigenvalue weighted by atomic mass is 10.4. The van der Waals surface area contributed by atoms with Crippen LogP contribution >= 0.6 is 0 Å². The zero-order chi connectivity index (χ0) is 13.3. The van der Waals surface area contributed by atoms with Crippen molar-refractivity contribution in [1.82, 2.24) is 15.1 Å². The molecule has 3 N–H and O–H groups in total. The average molecular weight is 247 g/mol. The quantitative estimate of drug-likeness (QED) is 0.437. The SMILES string of the molecule is CNCCN(CCN(C)CC(=O)O)CC(=O)O. The molecule has 0 aromatic carbocycles. The van der Waals surface area contributed by atoms with Gasteiger partial charge in [-0.3, -0.25) is 19.4 Å². The van der Waals surface area contributed by atoms with Gasteiger partial charge in [-0.1, -0.05) is 0 Å². The maximum atomic E-state index is 10.6. The minimum Gasteiger partial charge on any atom is -0.480 e. The lowest BCUT2D eigenvalue weighted by molar-refractivity contribution is -0.140. The standard InChI is InChI=1S/C10H21N3O4/c1-11-3-4-13(8-10(16)17)6-5-12(2)7-9(14)15/h11H,3-8H2,1-2H3,(H,14,15)(H,16,17). The van der Waals surface area contributed by atoms with E-state index in [1.165, 1.54) is 0 Å². The van der Waals surface area contributed by atoms with E-state index in [9.17, 15) is 9.59 Å². The largest absolute Gasteiger partial charge is 0.480 e. The van der Waals surface area contributed by atoms with Crippen LogP contribution in [0.25, 0.3) is 0 Å². The molecule has 0 fully saturated rings. The van der Waals surface area contributed by atoms with Crippen molar-refractivity contribution in [3.05, 3.63) is 0 Å².